The molecule has 2 rings (SSSR count). The molecule has 0 N–H and O–H groups in total. The lowest BCUT2D eigenvalue weighted by molar-refractivity contribution is 0.0987. The van der Waals surface area contributed by atoms with Gasteiger partial charge >= 0.3 is 0 Å². The van der Waals surface area contributed by atoms with Crippen molar-refractivity contribution in [3.05, 3.63) is 47.5 Å². The van der Waals surface area contributed by atoms with Crippen molar-refractivity contribution in [1.29, 1.82) is 0 Å². The van der Waals surface area contributed by atoms with Crippen LogP contribution in [0.2, 0.25) is 0 Å². The number of carbonyl (C=O) groups excluding carboxylic acids is 1. The lowest BCUT2D eigenvalue weighted by Crippen LogP contribution is -2.09. The summed E-state index contributed by atoms with van der Waals surface area (Å²) in [6.07, 6.45) is 2.90. The fourth-order valence-electron chi connectivity index (χ4n) is 2.01. The van der Waals surface area contributed by atoms with E-state index in [0.717, 1.165) is 6.42 Å². The Morgan fingerprint density at radius 3 is 2.81 bits per heavy atom. The van der Waals surface area contributed by atoms with Crippen molar-refractivity contribution in [2.75, 3.05) is 7.11 Å². The minimum atomic E-state index is -0.569. The van der Waals surface area contributed by atoms with Gasteiger partial charge in [-0.05, 0) is 31.5 Å². The third kappa shape index (κ3) is 3.48. The molecular formula is C16H19FN2O2. The minimum absolute atomic E-state index is 0.0638. The fourth-order valence-corrected chi connectivity index (χ4v) is 2.01. The highest BCUT2D eigenvalue weighted by molar-refractivity contribution is 5.97. The topological polar surface area (TPSA) is 44.1 Å². The van der Waals surface area contributed by atoms with Gasteiger partial charge < -0.3 is 4.74 Å². The Hall–Kier alpha value is -2.17. The number of nitrogens with zero attached hydrogens (tertiary/aromatic N) is 2. The van der Waals surface area contributed by atoms with E-state index in [1.807, 2.05) is 10.9 Å². The third-order valence-corrected chi connectivity index (χ3v) is 3.52. The molecule has 0 aliphatic rings. The molecule has 1 heterocycles. The number of halogens is 1. The second kappa shape index (κ2) is 6.52. The number of rotatable bonds is 6. The highest BCUT2D eigenvalue weighted by atomic mass is 19.1. The van der Waals surface area contributed by atoms with E-state index in [2.05, 4.69) is 18.9 Å². The SMILES string of the molecule is CCC(C)n1ccc(CC(=O)c2ccc(OC)cc2F)n1. The molecule has 0 saturated carbocycles. The van der Waals surface area contributed by atoms with E-state index in [9.17, 15) is 9.18 Å². The van der Waals surface area contributed by atoms with Crippen LogP contribution in [0.25, 0.3) is 0 Å². The van der Waals surface area contributed by atoms with Gasteiger partial charge in [0.1, 0.15) is 11.6 Å². The van der Waals surface area contributed by atoms with Crippen LogP contribution in [0, 0.1) is 5.82 Å². The maximum absolute atomic E-state index is 13.9. The second-order valence-corrected chi connectivity index (χ2v) is 4.99. The molecule has 1 atom stereocenters. The van der Waals surface area contributed by atoms with Crippen molar-refractivity contribution >= 4 is 5.78 Å². The maximum Gasteiger partial charge on any atom is 0.171 e. The summed E-state index contributed by atoms with van der Waals surface area (Å²) in [5, 5.41) is 4.36. The van der Waals surface area contributed by atoms with Crippen LogP contribution < -0.4 is 4.74 Å². The molecule has 0 bridgehead atoms. The van der Waals surface area contributed by atoms with Gasteiger partial charge in [-0.2, -0.15) is 5.10 Å². The molecule has 4 nitrogen and oxygen atoms in total. The summed E-state index contributed by atoms with van der Waals surface area (Å²) in [5.74, 6) is -0.463. The van der Waals surface area contributed by atoms with E-state index >= 15 is 0 Å². The number of benzene rings is 1. The van der Waals surface area contributed by atoms with Crippen LogP contribution in [0.5, 0.6) is 5.75 Å². The van der Waals surface area contributed by atoms with E-state index in [-0.39, 0.29) is 23.8 Å². The molecule has 2 aromatic rings. The lowest BCUT2D eigenvalue weighted by Gasteiger charge is -2.08. The molecule has 1 aromatic heterocycles. The third-order valence-electron chi connectivity index (χ3n) is 3.52. The Morgan fingerprint density at radius 2 is 2.19 bits per heavy atom. The number of hydrogen-bond acceptors (Lipinski definition) is 3. The van der Waals surface area contributed by atoms with E-state index < -0.39 is 5.82 Å². The Labute approximate surface area is 123 Å². The van der Waals surface area contributed by atoms with Gasteiger partial charge in [0.05, 0.1) is 24.8 Å². The molecule has 0 fully saturated rings. The molecule has 0 spiro atoms. The molecule has 0 saturated heterocycles. The molecule has 1 aromatic carbocycles. The standard InChI is InChI=1S/C16H19FN2O2/c1-4-11(2)19-8-7-12(18-19)9-16(20)14-6-5-13(21-3)10-15(14)17/h5-8,10-11H,4,9H2,1-3H3. The molecule has 0 aliphatic heterocycles. The number of methoxy groups -OCH3 is 1. The number of ether oxygens (including phenoxy) is 1. The van der Waals surface area contributed by atoms with E-state index in [0.29, 0.717) is 11.4 Å². The zero-order chi connectivity index (χ0) is 15.4. The molecule has 1 unspecified atom stereocenters. The van der Waals surface area contributed by atoms with Gasteiger partial charge in [-0.1, -0.05) is 6.92 Å². The number of Topliss-reactive ketones (excluding diaryl/α,β-unsaturated/α-hetero) is 1. The van der Waals surface area contributed by atoms with Gasteiger partial charge in [-0.25, -0.2) is 4.39 Å². The molecule has 5 heteroatoms. The highest BCUT2D eigenvalue weighted by Crippen LogP contribution is 2.18. The first-order chi connectivity index (χ1) is 10.0. The van der Waals surface area contributed by atoms with Crippen LogP contribution in [0.15, 0.2) is 30.5 Å². The van der Waals surface area contributed by atoms with Crippen molar-refractivity contribution in [3.8, 4) is 5.75 Å². The minimum Gasteiger partial charge on any atom is -0.497 e. The predicted molar refractivity (Wildman–Crippen MR) is 78.2 cm³/mol. The van der Waals surface area contributed by atoms with Crippen molar-refractivity contribution in [2.24, 2.45) is 0 Å². The van der Waals surface area contributed by atoms with Gasteiger partial charge in [-0.15, -0.1) is 0 Å². The summed E-state index contributed by atoms with van der Waals surface area (Å²) in [4.78, 5) is 12.2. The Bertz CT molecular complexity index is 637. The molecule has 0 radical (unpaired) electrons. The average Bonchev–Trinajstić information content (AvgIpc) is 2.94. The zero-order valence-electron chi connectivity index (χ0n) is 12.5. The number of carbonyl (C=O) groups is 1. The van der Waals surface area contributed by atoms with Crippen LogP contribution in [-0.4, -0.2) is 22.7 Å². The Morgan fingerprint density at radius 1 is 1.43 bits per heavy atom. The first-order valence-corrected chi connectivity index (χ1v) is 6.96. The first kappa shape index (κ1) is 15.2. The quantitative estimate of drug-likeness (QED) is 0.766. The normalized spacial score (nSPS) is 12.2. The van der Waals surface area contributed by atoms with Gasteiger partial charge in [-0.3, -0.25) is 9.48 Å². The summed E-state index contributed by atoms with van der Waals surface area (Å²) >= 11 is 0. The van der Waals surface area contributed by atoms with Gasteiger partial charge in [0.15, 0.2) is 5.78 Å². The molecule has 0 aliphatic carbocycles. The molecule has 21 heavy (non-hydrogen) atoms. The second-order valence-electron chi connectivity index (χ2n) is 4.99. The molecule has 112 valence electrons. The van der Waals surface area contributed by atoms with Crippen molar-refractivity contribution in [2.45, 2.75) is 32.7 Å². The van der Waals surface area contributed by atoms with E-state index in [1.54, 1.807) is 12.1 Å². The number of aromatic nitrogens is 2. The number of ketones is 1. The summed E-state index contributed by atoms with van der Waals surface area (Å²) in [7, 11) is 1.46. The number of hydrogen-bond donors (Lipinski definition) is 0. The average molecular weight is 290 g/mol. The zero-order valence-corrected chi connectivity index (χ0v) is 12.5. The van der Waals surface area contributed by atoms with Crippen molar-refractivity contribution < 1.29 is 13.9 Å². The summed E-state index contributed by atoms with van der Waals surface area (Å²) < 4.78 is 20.6. The molecule has 0 amide bonds. The van der Waals surface area contributed by atoms with E-state index in [4.69, 9.17) is 4.74 Å². The monoisotopic (exact) mass is 290 g/mol. The van der Waals surface area contributed by atoms with Crippen LogP contribution in [0.1, 0.15) is 42.4 Å². The van der Waals surface area contributed by atoms with Crippen LogP contribution in [0.3, 0.4) is 0 Å². The summed E-state index contributed by atoms with van der Waals surface area (Å²) in [5.41, 5.74) is 0.712. The Kier molecular flexibility index (Phi) is 4.73. The Balaban J connectivity index is 2.12. The summed E-state index contributed by atoms with van der Waals surface area (Å²) in [6.45, 7) is 4.13. The first-order valence-electron chi connectivity index (χ1n) is 6.96. The molecular weight excluding hydrogens is 271 g/mol. The van der Waals surface area contributed by atoms with Crippen LogP contribution in [-0.2, 0) is 6.42 Å². The largest absolute Gasteiger partial charge is 0.497 e. The van der Waals surface area contributed by atoms with Crippen molar-refractivity contribution in [1.82, 2.24) is 9.78 Å². The van der Waals surface area contributed by atoms with Gasteiger partial charge in [0, 0.05) is 18.3 Å². The van der Waals surface area contributed by atoms with Gasteiger partial charge in [0.25, 0.3) is 0 Å². The lowest BCUT2D eigenvalue weighted by atomic mass is 10.1. The smallest absolute Gasteiger partial charge is 0.171 e. The fraction of sp³-hybridized carbons (Fsp3) is 0.375. The highest BCUT2D eigenvalue weighted by Gasteiger charge is 2.15. The van der Waals surface area contributed by atoms with Crippen LogP contribution >= 0.6 is 0 Å². The van der Waals surface area contributed by atoms with Crippen LogP contribution in [0.4, 0.5) is 4.39 Å². The van der Waals surface area contributed by atoms with E-state index in [1.165, 1.54) is 19.2 Å². The van der Waals surface area contributed by atoms with Gasteiger partial charge in [0.2, 0.25) is 0 Å². The maximum atomic E-state index is 13.9. The van der Waals surface area contributed by atoms with Crippen molar-refractivity contribution in [3.63, 3.8) is 0 Å². The summed E-state index contributed by atoms with van der Waals surface area (Å²) in [6, 6.07) is 6.32. The predicted octanol–water partition coefficient (Wildman–Crippen LogP) is 3.43.